The molecule has 0 aliphatic rings. The van der Waals surface area contributed by atoms with E-state index >= 15 is 0 Å². The van der Waals surface area contributed by atoms with E-state index in [0.717, 1.165) is 17.1 Å². The van der Waals surface area contributed by atoms with Gasteiger partial charge in [-0.15, -0.1) is 0 Å². The van der Waals surface area contributed by atoms with Crippen molar-refractivity contribution in [2.75, 3.05) is 0 Å². The van der Waals surface area contributed by atoms with E-state index in [-0.39, 0.29) is 0 Å². The third kappa shape index (κ3) is 3.11. The fourth-order valence-corrected chi connectivity index (χ4v) is 1.29. The number of halogens is 1. The van der Waals surface area contributed by atoms with Crippen LogP contribution in [0.5, 0.6) is 5.75 Å². The van der Waals surface area contributed by atoms with Crippen molar-refractivity contribution in [2.45, 2.75) is 20.8 Å². The molecular weight excluding hydrogens is 184 g/mol. The largest absolute Gasteiger partial charge is 0.462 e. The Balaban J connectivity index is 2.89. The molecule has 1 aromatic carbocycles. The quantitative estimate of drug-likeness (QED) is 0.651. The number of allylic oxidation sites excluding steroid dienone is 2. The van der Waals surface area contributed by atoms with Crippen molar-refractivity contribution in [3.8, 4) is 5.75 Å². The van der Waals surface area contributed by atoms with E-state index in [1.165, 1.54) is 0 Å². The standard InChI is InChI=1S/C11H13ClO/c1-4-9(3)13-11-6-8(2)5-10(12)7-11/h4-7H,1-3H3. The average Bonchev–Trinajstić information content (AvgIpc) is 2.02. The van der Waals surface area contributed by atoms with Gasteiger partial charge in [0.15, 0.2) is 0 Å². The highest BCUT2D eigenvalue weighted by atomic mass is 35.5. The van der Waals surface area contributed by atoms with Crippen LogP contribution in [0, 0.1) is 6.92 Å². The van der Waals surface area contributed by atoms with Crippen molar-refractivity contribution in [1.29, 1.82) is 0 Å². The first-order chi connectivity index (χ1) is 6.11. The Morgan fingerprint density at radius 1 is 1.38 bits per heavy atom. The summed E-state index contributed by atoms with van der Waals surface area (Å²) in [5.74, 6) is 1.67. The molecule has 13 heavy (non-hydrogen) atoms. The molecule has 1 rings (SSSR count). The average molecular weight is 197 g/mol. The van der Waals surface area contributed by atoms with Gasteiger partial charge in [0.05, 0.1) is 5.76 Å². The lowest BCUT2D eigenvalue weighted by atomic mass is 10.2. The van der Waals surface area contributed by atoms with Gasteiger partial charge in [-0.1, -0.05) is 11.6 Å². The van der Waals surface area contributed by atoms with Crippen LogP contribution in [0.1, 0.15) is 19.4 Å². The lowest BCUT2D eigenvalue weighted by Crippen LogP contribution is -1.90. The first kappa shape index (κ1) is 10.1. The number of ether oxygens (including phenoxy) is 1. The minimum atomic E-state index is 0.707. The van der Waals surface area contributed by atoms with Gasteiger partial charge in [-0.25, -0.2) is 0 Å². The summed E-state index contributed by atoms with van der Waals surface area (Å²) in [7, 11) is 0. The first-order valence-electron chi connectivity index (χ1n) is 4.20. The second-order valence-corrected chi connectivity index (χ2v) is 3.40. The van der Waals surface area contributed by atoms with Crippen molar-refractivity contribution < 1.29 is 4.74 Å². The van der Waals surface area contributed by atoms with Gasteiger partial charge in [0.25, 0.3) is 0 Å². The Morgan fingerprint density at radius 2 is 2.08 bits per heavy atom. The predicted octanol–water partition coefficient (Wildman–Crippen LogP) is 3.95. The monoisotopic (exact) mass is 196 g/mol. The van der Waals surface area contributed by atoms with Crippen molar-refractivity contribution in [3.63, 3.8) is 0 Å². The van der Waals surface area contributed by atoms with Crippen LogP contribution in [0.3, 0.4) is 0 Å². The zero-order chi connectivity index (χ0) is 9.84. The van der Waals surface area contributed by atoms with E-state index in [0.29, 0.717) is 5.02 Å². The van der Waals surface area contributed by atoms with Crippen molar-refractivity contribution in [3.05, 3.63) is 40.6 Å². The third-order valence-electron chi connectivity index (χ3n) is 1.70. The van der Waals surface area contributed by atoms with Crippen LogP contribution in [-0.4, -0.2) is 0 Å². The van der Waals surface area contributed by atoms with Crippen molar-refractivity contribution in [2.24, 2.45) is 0 Å². The number of rotatable bonds is 2. The molecule has 0 spiro atoms. The van der Waals surface area contributed by atoms with E-state index in [9.17, 15) is 0 Å². The molecule has 0 aliphatic carbocycles. The predicted molar refractivity (Wildman–Crippen MR) is 56.2 cm³/mol. The summed E-state index contributed by atoms with van der Waals surface area (Å²) < 4.78 is 5.50. The molecule has 0 aliphatic heterocycles. The maximum absolute atomic E-state index is 5.88. The highest BCUT2D eigenvalue weighted by molar-refractivity contribution is 6.30. The molecule has 0 saturated heterocycles. The molecule has 70 valence electrons. The molecule has 1 aromatic rings. The molecule has 2 heteroatoms. The van der Waals surface area contributed by atoms with Gasteiger partial charge < -0.3 is 4.74 Å². The Bertz CT molecular complexity index is 309. The molecule has 0 bridgehead atoms. The Labute approximate surface area is 84.0 Å². The van der Waals surface area contributed by atoms with Crippen LogP contribution in [0.25, 0.3) is 0 Å². The molecule has 0 fully saturated rings. The van der Waals surface area contributed by atoms with E-state index < -0.39 is 0 Å². The van der Waals surface area contributed by atoms with Gasteiger partial charge in [0.1, 0.15) is 5.75 Å². The molecule has 0 heterocycles. The smallest absolute Gasteiger partial charge is 0.128 e. The molecule has 0 aromatic heterocycles. The maximum Gasteiger partial charge on any atom is 0.128 e. The number of aryl methyl sites for hydroxylation is 1. The molecule has 0 atom stereocenters. The fraction of sp³-hybridized carbons (Fsp3) is 0.273. The van der Waals surface area contributed by atoms with Crippen LogP contribution in [-0.2, 0) is 0 Å². The fourth-order valence-electron chi connectivity index (χ4n) is 1.01. The van der Waals surface area contributed by atoms with Crippen LogP contribution < -0.4 is 4.74 Å². The molecule has 0 saturated carbocycles. The van der Waals surface area contributed by atoms with Gasteiger partial charge in [-0.2, -0.15) is 0 Å². The second kappa shape index (κ2) is 4.33. The van der Waals surface area contributed by atoms with Crippen molar-refractivity contribution in [1.82, 2.24) is 0 Å². The summed E-state index contributed by atoms with van der Waals surface area (Å²) in [6.45, 7) is 5.84. The Hall–Kier alpha value is -0.950. The van der Waals surface area contributed by atoms with E-state index in [4.69, 9.17) is 16.3 Å². The lowest BCUT2D eigenvalue weighted by Gasteiger charge is -2.06. The molecule has 0 N–H and O–H groups in total. The third-order valence-corrected chi connectivity index (χ3v) is 1.92. The summed E-state index contributed by atoms with van der Waals surface area (Å²) in [6, 6.07) is 5.67. The number of hydrogen-bond acceptors (Lipinski definition) is 1. The van der Waals surface area contributed by atoms with Gasteiger partial charge in [0.2, 0.25) is 0 Å². The molecule has 0 amide bonds. The summed E-state index contributed by atoms with van der Waals surface area (Å²) in [5.41, 5.74) is 1.10. The van der Waals surface area contributed by atoms with E-state index in [1.54, 1.807) is 0 Å². The Morgan fingerprint density at radius 3 is 2.62 bits per heavy atom. The minimum Gasteiger partial charge on any atom is -0.462 e. The molecule has 1 nitrogen and oxygen atoms in total. The van der Waals surface area contributed by atoms with Gasteiger partial charge in [-0.3, -0.25) is 0 Å². The summed E-state index contributed by atoms with van der Waals surface area (Å²) in [5, 5.41) is 0.707. The molecule has 0 radical (unpaired) electrons. The normalized spacial score (nSPS) is 11.5. The van der Waals surface area contributed by atoms with Gasteiger partial charge in [0, 0.05) is 5.02 Å². The summed E-state index contributed by atoms with van der Waals surface area (Å²) >= 11 is 5.88. The topological polar surface area (TPSA) is 9.23 Å². The van der Waals surface area contributed by atoms with Crippen LogP contribution in [0.2, 0.25) is 5.02 Å². The molecule has 0 unspecified atom stereocenters. The van der Waals surface area contributed by atoms with Crippen LogP contribution in [0.15, 0.2) is 30.0 Å². The van der Waals surface area contributed by atoms with Crippen molar-refractivity contribution >= 4 is 11.6 Å². The molecular formula is C11H13ClO. The van der Waals surface area contributed by atoms with Crippen LogP contribution in [0.4, 0.5) is 0 Å². The number of benzene rings is 1. The van der Waals surface area contributed by atoms with Crippen LogP contribution >= 0.6 is 11.6 Å². The highest BCUT2D eigenvalue weighted by Gasteiger charge is 1.98. The lowest BCUT2D eigenvalue weighted by molar-refractivity contribution is 0.426. The highest BCUT2D eigenvalue weighted by Crippen LogP contribution is 2.21. The van der Waals surface area contributed by atoms with E-state index in [1.807, 2.05) is 45.0 Å². The minimum absolute atomic E-state index is 0.707. The zero-order valence-corrected chi connectivity index (χ0v) is 8.85. The maximum atomic E-state index is 5.88. The van der Waals surface area contributed by atoms with Gasteiger partial charge >= 0.3 is 0 Å². The Kier molecular flexibility index (Phi) is 3.38. The first-order valence-corrected chi connectivity index (χ1v) is 4.57. The SMILES string of the molecule is CC=C(C)Oc1cc(C)cc(Cl)c1. The second-order valence-electron chi connectivity index (χ2n) is 2.97. The number of hydrogen-bond donors (Lipinski definition) is 0. The summed E-state index contributed by atoms with van der Waals surface area (Å²) in [6.07, 6.45) is 1.91. The summed E-state index contributed by atoms with van der Waals surface area (Å²) in [4.78, 5) is 0. The zero-order valence-electron chi connectivity index (χ0n) is 8.10. The van der Waals surface area contributed by atoms with E-state index in [2.05, 4.69) is 0 Å². The van der Waals surface area contributed by atoms with Gasteiger partial charge in [-0.05, 0) is 50.6 Å².